The number of carbonyl (C=O) groups is 1. The van der Waals surface area contributed by atoms with Crippen LogP contribution < -0.4 is 0 Å². The van der Waals surface area contributed by atoms with Gasteiger partial charge in [0.1, 0.15) is 5.78 Å². The molecular weight excluding hydrogens is 248 g/mol. The zero-order valence-corrected chi connectivity index (χ0v) is 13.5. The van der Waals surface area contributed by atoms with Crippen LogP contribution >= 0.6 is 0 Å². The SMILES string of the molecule is CCCCCCCCCCCCC(=O)C1CCCOC1. The number of Topliss-reactive ketones (excluding diaryl/α,β-unsaturated/α-hetero) is 1. The smallest absolute Gasteiger partial charge is 0.138 e. The third-order valence-corrected chi connectivity index (χ3v) is 4.39. The number of rotatable bonds is 12. The third-order valence-electron chi connectivity index (χ3n) is 4.39. The monoisotopic (exact) mass is 282 g/mol. The molecule has 0 aromatic carbocycles. The molecule has 0 aromatic rings. The molecule has 20 heavy (non-hydrogen) atoms. The molecule has 0 radical (unpaired) electrons. The van der Waals surface area contributed by atoms with Crippen LogP contribution in [0.5, 0.6) is 0 Å². The number of hydrogen-bond donors (Lipinski definition) is 0. The average Bonchev–Trinajstić information content (AvgIpc) is 2.50. The molecule has 1 unspecified atom stereocenters. The standard InChI is InChI=1S/C18H34O2/c1-2-3-4-5-6-7-8-9-10-11-14-18(19)17-13-12-15-20-16-17/h17H,2-16H2,1H3. The lowest BCUT2D eigenvalue weighted by atomic mass is 9.94. The van der Waals surface area contributed by atoms with E-state index in [1.807, 2.05) is 0 Å². The van der Waals surface area contributed by atoms with Gasteiger partial charge in [0.25, 0.3) is 0 Å². The van der Waals surface area contributed by atoms with Crippen molar-refractivity contribution in [2.75, 3.05) is 13.2 Å². The maximum Gasteiger partial charge on any atom is 0.138 e. The molecule has 0 spiro atoms. The topological polar surface area (TPSA) is 26.3 Å². The molecular formula is C18H34O2. The fourth-order valence-corrected chi connectivity index (χ4v) is 2.99. The first-order valence-electron chi connectivity index (χ1n) is 8.95. The lowest BCUT2D eigenvalue weighted by Gasteiger charge is -2.20. The van der Waals surface area contributed by atoms with Gasteiger partial charge in [-0.1, -0.05) is 64.7 Å². The van der Waals surface area contributed by atoms with Crippen LogP contribution in [0.3, 0.4) is 0 Å². The summed E-state index contributed by atoms with van der Waals surface area (Å²) < 4.78 is 5.38. The van der Waals surface area contributed by atoms with Gasteiger partial charge < -0.3 is 4.74 Å². The maximum absolute atomic E-state index is 12.0. The van der Waals surface area contributed by atoms with Crippen molar-refractivity contribution in [1.29, 1.82) is 0 Å². The van der Waals surface area contributed by atoms with E-state index in [1.54, 1.807) is 0 Å². The van der Waals surface area contributed by atoms with Crippen LogP contribution in [-0.2, 0) is 9.53 Å². The molecule has 1 heterocycles. The van der Waals surface area contributed by atoms with E-state index in [0.29, 0.717) is 12.4 Å². The van der Waals surface area contributed by atoms with Crippen molar-refractivity contribution < 1.29 is 9.53 Å². The summed E-state index contributed by atoms with van der Waals surface area (Å²) in [5.74, 6) is 0.659. The van der Waals surface area contributed by atoms with Gasteiger partial charge >= 0.3 is 0 Å². The average molecular weight is 282 g/mol. The second kappa shape index (κ2) is 12.4. The minimum absolute atomic E-state index is 0.210. The number of carbonyl (C=O) groups excluding carboxylic acids is 1. The summed E-state index contributed by atoms with van der Waals surface area (Å²) in [6.07, 6.45) is 16.2. The number of unbranched alkanes of at least 4 members (excludes halogenated alkanes) is 9. The van der Waals surface area contributed by atoms with Crippen LogP contribution in [0.2, 0.25) is 0 Å². The second-order valence-electron chi connectivity index (χ2n) is 6.31. The lowest BCUT2D eigenvalue weighted by Crippen LogP contribution is -2.25. The summed E-state index contributed by atoms with van der Waals surface area (Å²) in [7, 11) is 0. The quantitative estimate of drug-likeness (QED) is 0.454. The zero-order valence-electron chi connectivity index (χ0n) is 13.5. The Hall–Kier alpha value is -0.370. The van der Waals surface area contributed by atoms with Gasteiger partial charge in [-0.25, -0.2) is 0 Å². The lowest BCUT2D eigenvalue weighted by molar-refractivity contribution is -0.126. The van der Waals surface area contributed by atoms with E-state index < -0.39 is 0 Å². The van der Waals surface area contributed by atoms with E-state index in [4.69, 9.17) is 4.74 Å². The van der Waals surface area contributed by atoms with Crippen molar-refractivity contribution in [3.05, 3.63) is 0 Å². The molecule has 1 rings (SSSR count). The van der Waals surface area contributed by atoms with Crippen LogP contribution in [0.25, 0.3) is 0 Å². The highest BCUT2D eigenvalue weighted by atomic mass is 16.5. The Bertz CT molecular complexity index is 232. The predicted molar refractivity (Wildman–Crippen MR) is 85.0 cm³/mol. The summed E-state index contributed by atoms with van der Waals surface area (Å²) >= 11 is 0. The molecule has 1 saturated heterocycles. The molecule has 1 fully saturated rings. The van der Waals surface area contributed by atoms with E-state index in [0.717, 1.165) is 32.3 Å². The third kappa shape index (κ3) is 8.73. The van der Waals surface area contributed by atoms with Crippen molar-refractivity contribution in [1.82, 2.24) is 0 Å². The van der Waals surface area contributed by atoms with Gasteiger partial charge in [0.05, 0.1) is 6.61 Å². The number of ether oxygens (including phenoxy) is 1. The Kier molecular flexibility index (Phi) is 10.9. The molecule has 118 valence electrons. The van der Waals surface area contributed by atoms with Crippen LogP contribution in [0.15, 0.2) is 0 Å². The van der Waals surface area contributed by atoms with Crippen molar-refractivity contribution in [2.45, 2.75) is 90.4 Å². The fraction of sp³-hybridized carbons (Fsp3) is 0.944. The van der Waals surface area contributed by atoms with Gasteiger partial charge in [-0.3, -0.25) is 4.79 Å². The molecule has 2 heteroatoms. The first-order chi connectivity index (χ1) is 9.84. The van der Waals surface area contributed by atoms with Crippen molar-refractivity contribution >= 4 is 5.78 Å². The Labute approximate surface area is 125 Å². The molecule has 0 bridgehead atoms. The van der Waals surface area contributed by atoms with E-state index >= 15 is 0 Å². The Morgan fingerprint density at radius 1 is 0.950 bits per heavy atom. The highest BCUT2D eigenvalue weighted by Crippen LogP contribution is 2.18. The van der Waals surface area contributed by atoms with E-state index in [9.17, 15) is 4.79 Å². The molecule has 2 nitrogen and oxygen atoms in total. The van der Waals surface area contributed by atoms with E-state index in [1.165, 1.54) is 57.8 Å². The van der Waals surface area contributed by atoms with Gasteiger partial charge in [0, 0.05) is 18.9 Å². The molecule has 0 saturated carbocycles. The number of hydrogen-bond acceptors (Lipinski definition) is 2. The van der Waals surface area contributed by atoms with Gasteiger partial charge in [0.15, 0.2) is 0 Å². The van der Waals surface area contributed by atoms with E-state index in [-0.39, 0.29) is 5.92 Å². The van der Waals surface area contributed by atoms with Gasteiger partial charge in [-0.2, -0.15) is 0 Å². The Morgan fingerprint density at radius 3 is 2.10 bits per heavy atom. The van der Waals surface area contributed by atoms with Crippen LogP contribution in [0.1, 0.15) is 90.4 Å². The predicted octanol–water partition coefficient (Wildman–Crippen LogP) is 5.29. The Balaban J connectivity index is 1.83. The summed E-state index contributed by atoms with van der Waals surface area (Å²) in [6, 6.07) is 0. The van der Waals surface area contributed by atoms with Gasteiger partial charge in [0.2, 0.25) is 0 Å². The molecule has 0 amide bonds. The van der Waals surface area contributed by atoms with Crippen molar-refractivity contribution in [2.24, 2.45) is 5.92 Å². The molecule has 1 atom stereocenters. The van der Waals surface area contributed by atoms with E-state index in [2.05, 4.69) is 6.92 Å². The van der Waals surface area contributed by atoms with Crippen LogP contribution in [0.4, 0.5) is 0 Å². The fourth-order valence-electron chi connectivity index (χ4n) is 2.99. The second-order valence-corrected chi connectivity index (χ2v) is 6.31. The summed E-state index contributed by atoms with van der Waals surface area (Å²) in [6.45, 7) is 3.79. The van der Waals surface area contributed by atoms with Crippen molar-refractivity contribution in [3.8, 4) is 0 Å². The molecule has 0 aliphatic carbocycles. The molecule has 0 aromatic heterocycles. The van der Waals surface area contributed by atoms with Gasteiger partial charge in [-0.05, 0) is 19.3 Å². The normalized spacial score (nSPS) is 19.1. The summed E-state index contributed by atoms with van der Waals surface area (Å²) in [5, 5.41) is 0. The first kappa shape index (κ1) is 17.7. The summed E-state index contributed by atoms with van der Waals surface area (Å²) in [5.41, 5.74) is 0. The van der Waals surface area contributed by atoms with Crippen LogP contribution in [0, 0.1) is 5.92 Å². The molecule has 1 aliphatic heterocycles. The molecule has 1 aliphatic rings. The molecule has 0 N–H and O–H groups in total. The van der Waals surface area contributed by atoms with Gasteiger partial charge in [-0.15, -0.1) is 0 Å². The number of ketones is 1. The summed E-state index contributed by atoms with van der Waals surface area (Å²) in [4.78, 5) is 12.0. The minimum Gasteiger partial charge on any atom is -0.381 e. The van der Waals surface area contributed by atoms with Crippen molar-refractivity contribution in [3.63, 3.8) is 0 Å². The minimum atomic E-state index is 0.210. The highest BCUT2D eigenvalue weighted by Gasteiger charge is 2.20. The largest absolute Gasteiger partial charge is 0.381 e. The highest BCUT2D eigenvalue weighted by molar-refractivity contribution is 5.81. The zero-order chi connectivity index (χ0) is 14.5. The Morgan fingerprint density at radius 2 is 1.55 bits per heavy atom. The maximum atomic E-state index is 12.0. The van der Waals surface area contributed by atoms with Crippen LogP contribution in [-0.4, -0.2) is 19.0 Å². The first-order valence-corrected chi connectivity index (χ1v) is 8.95.